The number of halogens is 3. The molecule has 0 radical (unpaired) electrons. The van der Waals surface area contributed by atoms with Crippen molar-refractivity contribution in [1.29, 1.82) is 0 Å². The zero-order valence-electron chi connectivity index (χ0n) is 6.59. The highest BCUT2D eigenvalue weighted by Crippen LogP contribution is 2.28. The van der Waals surface area contributed by atoms with Crippen LogP contribution in [0.25, 0.3) is 4.72 Å². The summed E-state index contributed by atoms with van der Waals surface area (Å²) in [6.45, 7) is 2.83. The Hall–Kier alpha value is -0.300. The van der Waals surface area contributed by atoms with Gasteiger partial charge in [0.2, 0.25) is 0 Å². The summed E-state index contributed by atoms with van der Waals surface area (Å²) in [5.41, 5.74) is -5.26. The highest BCUT2D eigenvalue weighted by molar-refractivity contribution is 7.94. The Kier molecular flexibility index (Phi) is 3.52. The Morgan fingerprint density at radius 1 is 1.33 bits per heavy atom. The lowest BCUT2D eigenvalue weighted by Gasteiger charge is -2.23. The molecule has 0 aliphatic carbocycles. The van der Waals surface area contributed by atoms with Gasteiger partial charge in [-0.2, -0.15) is 13.2 Å². The standard InChI is InChI=1S/C5H9F3NO2S/c1-4(2)3-9-12(10,11)5(6,7)8/h4H,3H2,1-2H3/q-1. The van der Waals surface area contributed by atoms with E-state index >= 15 is 0 Å². The van der Waals surface area contributed by atoms with Gasteiger partial charge in [-0.25, -0.2) is 8.42 Å². The monoisotopic (exact) mass is 204 g/mol. The zero-order valence-corrected chi connectivity index (χ0v) is 7.41. The predicted molar refractivity (Wildman–Crippen MR) is 38.0 cm³/mol. The molecule has 0 unspecified atom stereocenters. The molecule has 0 atom stereocenters. The number of alkyl halides is 3. The first-order valence-corrected chi connectivity index (χ1v) is 4.61. The molecule has 0 aromatic heterocycles. The molecule has 0 aliphatic heterocycles. The Balaban J connectivity index is 4.27. The van der Waals surface area contributed by atoms with E-state index in [1.165, 1.54) is 0 Å². The number of rotatable bonds is 3. The fraction of sp³-hybridized carbons (Fsp3) is 1.00. The number of hydrogen-bond donors (Lipinski definition) is 0. The molecule has 74 valence electrons. The first-order chi connectivity index (χ1) is 5.17. The van der Waals surface area contributed by atoms with Crippen molar-refractivity contribution in [3.05, 3.63) is 4.72 Å². The van der Waals surface area contributed by atoms with Gasteiger partial charge in [0.05, 0.1) is 0 Å². The van der Waals surface area contributed by atoms with Gasteiger partial charge in [0.1, 0.15) is 0 Å². The smallest absolute Gasteiger partial charge is 0.480 e. The van der Waals surface area contributed by atoms with Crippen molar-refractivity contribution in [2.24, 2.45) is 5.92 Å². The lowest BCUT2D eigenvalue weighted by Crippen LogP contribution is -2.23. The topological polar surface area (TPSA) is 48.2 Å². The van der Waals surface area contributed by atoms with Gasteiger partial charge >= 0.3 is 5.51 Å². The van der Waals surface area contributed by atoms with Gasteiger partial charge in [0.25, 0.3) is 0 Å². The van der Waals surface area contributed by atoms with E-state index in [9.17, 15) is 21.6 Å². The largest absolute Gasteiger partial charge is 0.541 e. The van der Waals surface area contributed by atoms with Crippen LogP contribution in [0.5, 0.6) is 0 Å². The quantitative estimate of drug-likeness (QED) is 0.704. The Morgan fingerprint density at radius 3 is 2.00 bits per heavy atom. The number of sulfonamides is 1. The number of nitrogens with zero attached hydrogens (tertiary/aromatic N) is 1. The van der Waals surface area contributed by atoms with Gasteiger partial charge in [-0.05, 0) is 0 Å². The van der Waals surface area contributed by atoms with Crippen molar-refractivity contribution in [1.82, 2.24) is 0 Å². The average Bonchev–Trinajstić information content (AvgIpc) is 1.81. The highest BCUT2D eigenvalue weighted by atomic mass is 32.2. The van der Waals surface area contributed by atoms with Crippen molar-refractivity contribution in [3.8, 4) is 0 Å². The zero-order chi connectivity index (χ0) is 9.99. The van der Waals surface area contributed by atoms with Gasteiger partial charge in [-0.3, -0.25) is 0 Å². The number of hydrogen-bond acceptors (Lipinski definition) is 2. The molecule has 0 fully saturated rings. The van der Waals surface area contributed by atoms with Gasteiger partial charge in [-0.1, -0.05) is 19.8 Å². The summed E-state index contributed by atoms with van der Waals surface area (Å²) in [6, 6.07) is 0. The highest BCUT2D eigenvalue weighted by Gasteiger charge is 2.38. The maximum absolute atomic E-state index is 11.6. The van der Waals surface area contributed by atoms with Crippen LogP contribution in [0.4, 0.5) is 13.2 Å². The summed E-state index contributed by atoms with van der Waals surface area (Å²) >= 11 is 0. The minimum atomic E-state index is -5.27. The van der Waals surface area contributed by atoms with E-state index in [2.05, 4.69) is 4.72 Å². The van der Waals surface area contributed by atoms with Gasteiger partial charge in [0, 0.05) is 0 Å². The van der Waals surface area contributed by atoms with Crippen molar-refractivity contribution < 1.29 is 21.6 Å². The van der Waals surface area contributed by atoms with Crippen LogP contribution in [0.1, 0.15) is 13.8 Å². The molecule has 3 nitrogen and oxygen atoms in total. The third-order valence-corrected chi connectivity index (χ3v) is 1.98. The van der Waals surface area contributed by atoms with Crippen LogP contribution >= 0.6 is 0 Å². The maximum Gasteiger partial charge on any atom is 0.480 e. The van der Waals surface area contributed by atoms with E-state index < -0.39 is 15.5 Å². The summed E-state index contributed by atoms with van der Waals surface area (Å²) < 4.78 is 57.9. The molecule has 0 N–H and O–H groups in total. The lowest BCUT2D eigenvalue weighted by atomic mass is 10.2. The molecule has 0 spiro atoms. The molecule has 0 saturated carbocycles. The fourth-order valence-corrected chi connectivity index (χ4v) is 0.961. The SMILES string of the molecule is CC(C)C[N-]S(=O)(=O)C(F)(F)F. The van der Waals surface area contributed by atoms with E-state index in [0.717, 1.165) is 0 Å². The van der Waals surface area contributed by atoms with Crippen LogP contribution in [-0.2, 0) is 10.0 Å². The van der Waals surface area contributed by atoms with E-state index in [-0.39, 0.29) is 12.5 Å². The van der Waals surface area contributed by atoms with Gasteiger partial charge < -0.3 is 4.72 Å². The van der Waals surface area contributed by atoms with Crippen LogP contribution in [0.3, 0.4) is 0 Å². The van der Waals surface area contributed by atoms with Crippen molar-refractivity contribution in [3.63, 3.8) is 0 Å². The Morgan fingerprint density at radius 2 is 1.75 bits per heavy atom. The third kappa shape index (κ3) is 3.40. The molecule has 0 amide bonds. The van der Waals surface area contributed by atoms with E-state index in [1.807, 2.05) is 0 Å². The van der Waals surface area contributed by atoms with E-state index in [4.69, 9.17) is 0 Å². The van der Waals surface area contributed by atoms with E-state index in [1.54, 1.807) is 13.8 Å². The van der Waals surface area contributed by atoms with Gasteiger partial charge in [0.15, 0.2) is 10.0 Å². The Bertz CT molecular complexity index is 232. The maximum atomic E-state index is 11.6. The molecule has 0 rings (SSSR count). The van der Waals surface area contributed by atoms with Crippen LogP contribution in [-0.4, -0.2) is 20.5 Å². The molecule has 7 heteroatoms. The molecule has 0 heterocycles. The average molecular weight is 204 g/mol. The minimum absolute atomic E-state index is 0.206. The van der Waals surface area contributed by atoms with Crippen LogP contribution in [0.15, 0.2) is 0 Å². The van der Waals surface area contributed by atoms with Crippen molar-refractivity contribution in [2.45, 2.75) is 19.4 Å². The molecule has 0 aliphatic rings. The normalized spacial score (nSPS) is 13.8. The molecule has 0 aromatic carbocycles. The summed E-state index contributed by atoms with van der Waals surface area (Å²) in [4.78, 5) is 0. The van der Waals surface area contributed by atoms with Crippen LogP contribution in [0, 0.1) is 5.92 Å². The second kappa shape index (κ2) is 3.61. The third-order valence-electron chi connectivity index (χ3n) is 0.902. The summed E-state index contributed by atoms with van der Waals surface area (Å²) in [7, 11) is -5.27. The Labute approximate surface area is 69.0 Å². The van der Waals surface area contributed by atoms with Crippen LogP contribution in [0.2, 0.25) is 0 Å². The summed E-state index contributed by atoms with van der Waals surface area (Å²) in [5.74, 6) is -0.206. The van der Waals surface area contributed by atoms with Crippen LogP contribution < -0.4 is 0 Å². The van der Waals surface area contributed by atoms with Crippen molar-refractivity contribution >= 4 is 10.0 Å². The molecular weight excluding hydrogens is 195 g/mol. The van der Waals surface area contributed by atoms with E-state index in [0.29, 0.717) is 0 Å². The molecule has 12 heavy (non-hydrogen) atoms. The molecule has 0 saturated heterocycles. The fourth-order valence-electron chi connectivity index (χ4n) is 0.320. The molecule has 0 aromatic rings. The predicted octanol–water partition coefficient (Wildman–Crippen LogP) is 1.87. The van der Waals surface area contributed by atoms with Crippen molar-refractivity contribution in [2.75, 3.05) is 6.54 Å². The molecule has 0 bridgehead atoms. The first-order valence-electron chi connectivity index (χ1n) is 3.17. The lowest BCUT2D eigenvalue weighted by molar-refractivity contribution is -0.0427. The summed E-state index contributed by atoms with van der Waals surface area (Å²) in [6.07, 6.45) is 0. The first kappa shape index (κ1) is 11.7. The second-order valence-electron chi connectivity index (χ2n) is 2.63. The van der Waals surface area contributed by atoms with Gasteiger partial charge in [-0.15, -0.1) is 6.54 Å². The minimum Gasteiger partial charge on any atom is -0.541 e. The second-order valence-corrected chi connectivity index (χ2v) is 4.30. The summed E-state index contributed by atoms with van der Waals surface area (Å²) in [5, 5.41) is 0. The molecular formula is C5H9F3NO2S-.